The first-order valence-corrected chi connectivity index (χ1v) is 9.73. The Hall–Kier alpha value is -4.26. The smallest absolute Gasteiger partial charge is 0.232 e. The number of hydrogen-bond donors (Lipinski definition) is 2. The van der Waals surface area contributed by atoms with E-state index in [1.54, 1.807) is 36.4 Å². The number of carbonyl (C=O) groups excluding carboxylic acids is 1. The van der Waals surface area contributed by atoms with Crippen LogP contribution in [0.15, 0.2) is 78.9 Å². The Bertz CT molecular complexity index is 1180. The van der Waals surface area contributed by atoms with Crippen LogP contribution in [-0.2, 0) is 6.61 Å². The van der Waals surface area contributed by atoms with Gasteiger partial charge in [0, 0.05) is 16.8 Å². The number of benzene rings is 3. The summed E-state index contributed by atoms with van der Waals surface area (Å²) in [6.07, 6.45) is 0. The summed E-state index contributed by atoms with van der Waals surface area (Å²) >= 11 is 0. The van der Waals surface area contributed by atoms with Crippen molar-refractivity contribution in [3.8, 4) is 5.75 Å². The molecule has 4 aromatic rings. The quantitative estimate of drug-likeness (QED) is 0.437. The molecule has 0 fully saturated rings. The van der Waals surface area contributed by atoms with Gasteiger partial charge in [0.05, 0.1) is 0 Å². The van der Waals surface area contributed by atoms with Crippen LogP contribution in [0.2, 0.25) is 0 Å². The van der Waals surface area contributed by atoms with Crippen LogP contribution in [0, 0.1) is 6.92 Å². The normalized spacial score (nSPS) is 10.5. The van der Waals surface area contributed by atoms with Crippen LogP contribution >= 0.6 is 0 Å². The van der Waals surface area contributed by atoms with E-state index >= 15 is 0 Å². The molecule has 7 nitrogen and oxygen atoms in total. The molecule has 0 amide bonds. The van der Waals surface area contributed by atoms with E-state index in [2.05, 4.69) is 20.3 Å². The highest BCUT2D eigenvalue weighted by Gasteiger charge is 2.09. The maximum absolute atomic E-state index is 12.5. The monoisotopic (exact) mass is 411 g/mol. The SMILES string of the molecule is Cc1ccc(Nc2nc(N)nc(COc3ccc(C(=O)c4ccccc4)cc3)n2)cc1. The lowest BCUT2D eigenvalue weighted by atomic mass is 10.0. The average molecular weight is 411 g/mol. The molecular formula is C24H21N5O2. The van der Waals surface area contributed by atoms with Crippen molar-refractivity contribution in [1.82, 2.24) is 15.0 Å². The molecule has 154 valence electrons. The number of nitrogen functional groups attached to an aromatic ring is 1. The van der Waals surface area contributed by atoms with Gasteiger partial charge in [0.15, 0.2) is 11.6 Å². The summed E-state index contributed by atoms with van der Waals surface area (Å²) in [5, 5.41) is 3.11. The number of aryl methyl sites for hydroxylation is 1. The van der Waals surface area contributed by atoms with Crippen LogP contribution in [0.3, 0.4) is 0 Å². The van der Waals surface area contributed by atoms with Crippen LogP contribution < -0.4 is 15.8 Å². The van der Waals surface area contributed by atoms with E-state index in [1.807, 2.05) is 49.4 Å². The number of nitrogens with one attached hydrogen (secondary N) is 1. The number of aromatic nitrogens is 3. The van der Waals surface area contributed by atoms with E-state index in [-0.39, 0.29) is 18.3 Å². The van der Waals surface area contributed by atoms with Crippen LogP contribution in [0.1, 0.15) is 27.3 Å². The lowest BCUT2D eigenvalue weighted by molar-refractivity contribution is 0.103. The number of nitrogens with zero attached hydrogens (tertiary/aromatic N) is 3. The molecule has 0 saturated heterocycles. The summed E-state index contributed by atoms with van der Waals surface area (Å²) in [6.45, 7) is 2.13. The van der Waals surface area contributed by atoms with Gasteiger partial charge < -0.3 is 15.8 Å². The first-order valence-electron chi connectivity index (χ1n) is 9.73. The molecule has 7 heteroatoms. The van der Waals surface area contributed by atoms with Gasteiger partial charge in [0.1, 0.15) is 12.4 Å². The highest BCUT2D eigenvalue weighted by molar-refractivity contribution is 6.08. The zero-order valence-electron chi connectivity index (χ0n) is 16.9. The second kappa shape index (κ2) is 9.04. The van der Waals surface area contributed by atoms with Gasteiger partial charge in [-0.15, -0.1) is 0 Å². The number of hydrogen-bond acceptors (Lipinski definition) is 7. The zero-order valence-corrected chi connectivity index (χ0v) is 16.9. The van der Waals surface area contributed by atoms with Crippen molar-refractivity contribution in [1.29, 1.82) is 0 Å². The van der Waals surface area contributed by atoms with Crippen molar-refractivity contribution in [2.45, 2.75) is 13.5 Å². The van der Waals surface area contributed by atoms with Crippen molar-refractivity contribution in [2.24, 2.45) is 0 Å². The third-order valence-corrected chi connectivity index (χ3v) is 4.53. The number of rotatable bonds is 7. The number of anilines is 3. The number of ether oxygens (including phenoxy) is 1. The third-order valence-electron chi connectivity index (χ3n) is 4.53. The van der Waals surface area contributed by atoms with E-state index in [0.717, 1.165) is 11.3 Å². The Morgan fingerprint density at radius 3 is 2.26 bits per heavy atom. The van der Waals surface area contributed by atoms with E-state index in [4.69, 9.17) is 10.5 Å². The fraction of sp³-hybridized carbons (Fsp3) is 0.0833. The fourth-order valence-electron chi connectivity index (χ4n) is 2.93. The van der Waals surface area contributed by atoms with Crippen molar-refractivity contribution >= 4 is 23.4 Å². The van der Waals surface area contributed by atoms with Gasteiger partial charge in [-0.3, -0.25) is 4.79 Å². The van der Waals surface area contributed by atoms with Gasteiger partial charge in [-0.05, 0) is 43.3 Å². The second-order valence-electron chi connectivity index (χ2n) is 6.93. The van der Waals surface area contributed by atoms with Crippen molar-refractivity contribution in [3.63, 3.8) is 0 Å². The molecular weight excluding hydrogens is 390 g/mol. The summed E-state index contributed by atoms with van der Waals surface area (Å²) < 4.78 is 5.76. The molecule has 3 N–H and O–H groups in total. The molecule has 3 aromatic carbocycles. The fourth-order valence-corrected chi connectivity index (χ4v) is 2.93. The Balaban J connectivity index is 1.41. The molecule has 0 aliphatic rings. The van der Waals surface area contributed by atoms with Gasteiger partial charge in [-0.1, -0.05) is 48.0 Å². The van der Waals surface area contributed by atoms with Crippen LogP contribution in [-0.4, -0.2) is 20.7 Å². The van der Waals surface area contributed by atoms with E-state index < -0.39 is 0 Å². The largest absolute Gasteiger partial charge is 0.486 e. The van der Waals surface area contributed by atoms with Gasteiger partial charge in [-0.25, -0.2) is 0 Å². The van der Waals surface area contributed by atoms with Crippen molar-refractivity contribution < 1.29 is 9.53 Å². The third kappa shape index (κ3) is 5.22. The second-order valence-corrected chi connectivity index (χ2v) is 6.93. The molecule has 0 atom stereocenters. The Kier molecular flexibility index (Phi) is 5.84. The first-order chi connectivity index (χ1) is 15.1. The minimum absolute atomic E-state index is 0.0378. The average Bonchev–Trinajstić information content (AvgIpc) is 2.79. The van der Waals surface area contributed by atoms with Crippen molar-refractivity contribution in [2.75, 3.05) is 11.1 Å². The molecule has 0 spiro atoms. The highest BCUT2D eigenvalue weighted by atomic mass is 16.5. The summed E-state index contributed by atoms with van der Waals surface area (Å²) in [5.41, 5.74) is 9.06. The van der Waals surface area contributed by atoms with Gasteiger partial charge in [0.2, 0.25) is 11.9 Å². The zero-order chi connectivity index (χ0) is 21.6. The molecule has 0 saturated carbocycles. The van der Waals surface area contributed by atoms with E-state index in [9.17, 15) is 4.79 Å². The van der Waals surface area contributed by atoms with Crippen LogP contribution in [0.5, 0.6) is 5.75 Å². The molecule has 0 bridgehead atoms. The standard InChI is InChI=1S/C24H21N5O2/c1-16-7-11-19(12-8-16)26-24-28-21(27-23(25)29-24)15-31-20-13-9-18(10-14-20)22(30)17-5-3-2-4-6-17/h2-14H,15H2,1H3,(H3,25,26,27,28,29). The van der Waals surface area contributed by atoms with Crippen molar-refractivity contribution in [3.05, 3.63) is 101 Å². The molecule has 1 aromatic heterocycles. The highest BCUT2D eigenvalue weighted by Crippen LogP contribution is 2.18. The maximum Gasteiger partial charge on any atom is 0.232 e. The number of carbonyl (C=O) groups is 1. The van der Waals surface area contributed by atoms with Gasteiger partial charge in [0.25, 0.3) is 0 Å². The summed E-state index contributed by atoms with van der Waals surface area (Å²) in [4.78, 5) is 25.1. The molecule has 0 aliphatic heterocycles. The predicted molar refractivity (Wildman–Crippen MR) is 119 cm³/mol. The summed E-state index contributed by atoms with van der Waals surface area (Å²) in [6, 6.07) is 23.9. The summed E-state index contributed by atoms with van der Waals surface area (Å²) in [7, 11) is 0. The Morgan fingerprint density at radius 2 is 1.55 bits per heavy atom. The van der Waals surface area contributed by atoms with Crippen LogP contribution in [0.25, 0.3) is 0 Å². The molecule has 0 unspecified atom stereocenters. The molecule has 0 aliphatic carbocycles. The molecule has 4 rings (SSSR count). The number of ketones is 1. The van der Waals surface area contributed by atoms with Gasteiger partial charge >= 0.3 is 0 Å². The van der Waals surface area contributed by atoms with E-state index in [0.29, 0.717) is 28.6 Å². The summed E-state index contributed by atoms with van der Waals surface area (Å²) in [5.74, 6) is 1.40. The Labute approximate surface area is 180 Å². The minimum Gasteiger partial charge on any atom is -0.486 e. The maximum atomic E-state index is 12.5. The first kappa shape index (κ1) is 20.0. The van der Waals surface area contributed by atoms with E-state index in [1.165, 1.54) is 0 Å². The lowest BCUT2D eigenvalue weighted by Gasteiger charge is -2.09. The van der Waals surface area contributed by atoms with Gasteiger partial charge in [-0.2, -0.15) is 15.0 Å². The molecule has 31 heavy (non-hydrogen) atoms. The minimum atomic E-state index is -0.0378. The molecule has 1 heterocycles. The topological polar surface area (TPSA) is 103 Å². The number of nitrogens with two attached hydrogens (primary N) is 1. The lowest BCUT2D eigenvalue weighted by Crippen LogP contribution is -2.09. The van der Waals surface area contributed by atoms with Crippen LogP contribution in [0.4, 0.5) is 17.6 Å². The molecule has 0 radical (unpaired) electrons. The predicted octanol–water partition coefficient (Wildman–Crippen LogP) is 4.32. The Morgan fingerprint density at radius 1 is 0.871 bits per heavy atom.